The molecule has 0 amide bonds. The van der Waals surface area contributed by atoms with Gasteiger partial charge in [0.1, 0.15) is 6.29 Å². The predicted octanol–water partition coefficient (Wildman–Crippen LogP) is 4.41. The highest BCUT2D eigenvalue weighted by atomic mass is 16.1. The number of para-hydroxylation sites is 2. The van der Waals surface area contributed by atoms with Crippen LogP contribution in [-0.4, -0.2) is 15.7 Å². The van der Waals surface area contributed by atoms with Gasteiger partial charge in [-0.15, -0.1) is 0 Å². The van der Waals surface area contributed by atoms with Crippen LogP contribution in [0.5, 0.6) is 0 Å². The first-order chi connectivity index (χ1) is 12.8. The van der Waals surface area contributed by atoms with E-state index in [1.165, 1.54) is 0 Å². The molecule has 0 spiro atoms. The maximum atomic E-state index is 12.8. The van der Waals surface area contributed by atoms with Crippen LogP contribution in [0.2, 0.25) is 0 Å². The van der Waals surface area contributed by atoms with Crippen molar-refractivity contribution in [1.82, 2.24) is 9.38 Å². The molecule has 0 aliphatic carbocycles. The van der Waals surface area contributed by atoms with Crippen molar-refractivity contribution in [2.75, 3.05) is 0 Å². The number of aromatic amines is 1. The van der Waals surface area contributed by atoms with E-state index in [2.05, 4.69) is 4.98 Å². The maximum Gasteiger partial charge on any atom is 0.331 e. The van der Waals surface area contributed by atoms with Gasteiger partial charge in [0, 0.05) is 21.9 Å². The number of carbonyl (C=O) groups excluding carboxylic acids is 1. The molecule has 5 rings (SSSR count). The molecule has 26 heavy (non-hydrogen) atoms. The molecule has 0 aliphatic rings. The third kappa shape index (κ3) is 1.96. The fraction of sp³-hybridized carbons (Fsp3) is 0. The average Bonchev–Trinajstić information content (AvgIpc) is 3.04. The van der Waals surface area contributed by atoms with Gasteiger partial charge in [0.15, 0.2) is 0 Å². The summed E-state index contributed by atoms with van der Waals surface area (Å²) >= 11 is 0. The highest BCUT2D eigenvalue weighted by molar-refractivity contribution is 6.13. The molecule has 0 unspecified atom stereocenters. The Kier molecular flexibility index (Phi) is 3.06. The van der Waals surface area contributed by atoms with Crippen LogP contribution >= 0.6 is 0 Å². The SMILES string of the molecule is O=Cc1ccc(-c2c3ccccc3n3c(=O)[nH]c4ccccc4c23)cc1. The number of hydrogen-bond acceptors (Lipinski definition) is 2. The zero-order valence-corrected chi connectivity index (χ0v) is 13.8. The quantitative estimate of drug-likeness (QED) is 0.485. The number of H-pyrrole nitrogens is 1. The summed E-state index contributed by atoms with van der Waals surface area (Å²) in [7, 11) is 0. The topological polar surface area (TPSA) is 54.3 Å². The highest BCUT2D eigenvalue weighted by Crippen LogP contribution is 2.37. The Morgan fingerprint density at radius 3 is 2.27 bits per heavy atom. The molecule has 4 heteroatoms. The highest BCUT2D eigenvalue weighted by Gasteiger charge is 2.17. The third-order valence-corrected chi connectivity index (χ3v) is 4.84. The number of aldehydes is 1. The van der Waals surface area contributed by atoms with E-state index in [1.54, 1.807) is 16.5 Å². The van der Waals surface area contributed by atoms with E-state index in [-0.39, 0.29) is 5.69 Å². The van der Waals surface area contributed by atoms with Crippen molar-refractivity contribution in [2.24, 2.45) is 0 Å². The van der Waals surface area contributed by atoms with E-state index >= 15 is 0 Å². The molecule has 0 radical (unpaired) electrons. The minimum atomic E-state index is -0.161. The number of rotatable bonds is 2. The molecule has 5 aromatic rings. The summed E-state index contributed by atoms with van der Waals surface area (Å²) in [5.41, 5.74) is 4.99. The smallest absolute Gasteiger partial charge is 0.307 e. The maximum absolute atomic E-state index is 12.8. The molecule has 4 nitrogen and oxygen atoms in total. The molecule has 2 heterocycles. The predicted molar refractivity (Wildman–Crippen MR) is 104 cm³/mol. The molecule has 2 aromatic heterocycles. The van der Waals surface area contributed by atoms with E-state index < -0.39 is 0 Å². The van der Waals surface area contributed by atoms with Crippen LogP contribution in [0.1, 0.15) is 10.4 Å². The Balaban J connectivity index is 2.05. The third-order valence-electron chi connectivity index (χ3n) is 4.84. The van der Waals surface area contributed by atoms with Gasteiger partial charge in [-0.25, -0.2) is 4.79 Å². The van der Waals surface area contributed by atoms with Gasteiger partial charge >= 0.3 is 5.69 Å². The lowest BCUT2D eigenvalue weighted by Crippen LogP contribution is -2.15. The van der Waals surface area contributed by atoms with Gasteiger partial charge in [-0.3, -0.25) is 9.20 Å². The molecule has 3 aromatic carbocycles. The van der Waals surface area contributed by atoms with Crippen molar-refractivity contribution in [3.05, 3.63) is 88.8 Å². The lowest BCUT2D eigenvalue weighted by Gasteiger charge is -2.06. The van der Waals surface area contributed by atoms with E-state index in [9.17, 15) is 9.59 Å². The van der Waals surface area contributed by atoms with Crippen molar-refractivity contribution in [3.63, 3.8) is 0 Å². The Morgan fingerprint density at radius 2 is 1.50 bits per heavy atom. The number of nitrogens with zero attached hydrogens (tertiary/aromatic N) is 1. The second kappa shape index (κ2) is 5.43. The lowest BCUT2D eigenvalue weighted by molar-refractivity contribution is 0.112. The minimum absolute atomic E-state index is 0.161. The van der Waals surface area contributed by atoms with Gasteiger partial charge in [-0.05, 0) is 17.7 Å². The van der Waals surface area contributed by atoms with Crippen LogP contribution < -0.4 is 5.69 Å². The average molecular weight is 338 g/mol. The molecular weight excluding hydrogens is 324 g/mol. The number of benzene rings is 3. The Morgan fingerprint density at radius 1 is 0.808 bits per heavy atom. The van der Waals surface area contributed by atoms with Crippen molar-refractivity contribution in [2.45, 2.75) is 0 Å². The van der Waals surface area contributed by atoms with Crippen LogP contribution in [0.4, 0.5) is 0 Å². The summed E-state index contributed by atoms with van der Waals surface area (Å²) in [4.78, 5) is 26.8. The summed E-state index contributed by atoms with van der Waals surface area (Å²) in [6, 6.07) is 23.2. The molecule has 0 aliphatic heterocycles. The molecule has 0 bridgehead atoms. The summed E-state index contributed by atoms with van der Waals surface area (Å²) in [5.74, 6) is 0. The molecule has 0 saturated heterocycles. The number of nitrogens with one attached hydrogen (secondary N) is 1. The van der Waals surface area contributed by atoms with Crippen molar-refractivity contribution in [1.29, 1.82) is 0 Å². The molecule has 124 valence electrons. The molecule has 0 atom stereocenters. The van der Waals surface area contributed by atoms with Gasteiger partial charge in [0.25, 0.3) is 0 Å². The summed E-state index contributed by atoms with van der Waals surface area (Å²) in [6.07, 6.45) is 0.833. The lowest BCUT2D eigenvalue weighted by atomic mass is 10.00. The van der Waals surface area contributed by atoms with Crippen LogP contribution in [-0.2, 0) is 0 Å². The first kappa shape index (κ1) is 14.7. The number of hydrogen-bond donors (Lipinski definition) is 1. The Hall–Kier alpha value is -3.66. The van der Waals surface area contributed by atoms with Crippen molar-refractivity contribution >= 4 is 33.6 Å². The van der Waals surface area contributed by atoms with Crippen molar-refractivity contribution in [3.8, 4) is 11.1 Å². The zero-order chi connectivity index (χ0) is 17.7. The summed E-state index contributed by atoms with van der Waals surface area (Å²) < 4.78 is 1.74. The normalized spacial score (nSPS) is 11.4. The van der Waals surface area contributed by atoms with Crippen LogP contribution in [0.3, 0.4) is 0 Å². The van der Waals surface area contributed by atoms with E-state index in [0.717, 1.165) is 44.7 Å². The van der Waals surface area contributed by atoms with Crippen molar-refractivity contribution < 1.29 is 4.79 Å². The Labute approximate surface area is 148 Å². The van der Waals surface area contributed by atoms with E-state index in [4.69, 9.17) is 0 Å². The van der Waals surface area contributed by atoms with E-state index in [1.807, 2.05) is 60.7 Å². The minimum Gasteiger partial charge on any atom is -0.307 e. The van der Waals surface area contributed by atoms with Gasteiger partial charge in [0.2, 0.25) is 0 Å². The second-order valence-corrected chi connectivity index (χ2v) is 6.29. The largest absolute Gasteiger partial charge is 0.331 e. The Bertz CT molecular complexity index is 1360. The fourth-order valence-corrected chi connectivity index (χ4v) is 3.70. The van der Waals surface area contributed by atoms with Crippen LogP contribution in [0.25, 0.3) is 38.4 Å². The molecule has 0 fully saturated rings. The van der Waals surface area contributed by atoms with E-state index in [0.29, 0.717) is 5.56 Å². The fourth-order valence-electron chi connectivity index (χ4n) is 3.70. The summed E-state index contributed by atoms with van der Waals surface area (Å²) in [5, 5.41) is 1.99. The van der Waals surface area contributed by atoms with Crippen LogP contribution in [0, 0.1) is 0 Å². The monoisotopic (exact) mass is 338 g/mol. The van der Waals surface area contributed by atoms with Gasteiger partial charge in [-0.2, -0.15) is 0 Å². The second-order valence-electron chi connectivity index (χ2n) is 6.29. The number of aromatic nitrogens is 2. The first-order valence-electron chi connectivity index (χ1n) is 8.38. The first-order valence-corrected chi connectivity index (χ1v) is 8.38. The molecular formula is C22H14N2O2. The van der Waals surface area contributed by atoms with Gasteiger partial charge in [0.05, 0.1) is 16.6 Å². The number of carbonyl (C=O) groups is 1. The number of fused-ring (bicyclic) bond motifs is 5. The van der Waals surface area contributed by atoms with Gasteiger partial charge in [-0.1, -0.05) is 60.7 Å². The van der Waals surface area contributed by atoms with Gasteiger partial charge < -0.3 is 4.98 Å². The summed E-state index contributed by atoms with van der Waals surface area (Å²) in [6.45, 7) is 0. The standard InChI is InChI=1S/C22H14N2O2/c25-13-14-9-11-15(12-10-14)20-17-6-2-4-8-19(17)24-21(20)16-5-1-3-7-18(16)23-22(24)26/h1-13H,(H,23,26). The zero-order valence-electron chi connectivity index (χ0n) is 13.8. The molecule has 0 saturated carbocycles. The molecule has 1 N–H and O–H groups in total. The van der Waals surface area contributed by atoms with Crippen LogP contribution in [0.15, 0.2) is 77.6 Å².